The molecule has 9 aromatic rings. The summed E-state index contributed by atoms with van der Waals surface area (Å²) in [6, 6.07) is 62.0. The molecule has 0 aliphatic heterocycles. The van der Waals surface area contributed by atoms with Gasteiger partial charge in [-0.05, 0) is 64.0 Å². The Bertz CT molecular complexity index is 2530. The highest BCUT2D eigenvalue weighted by atomic mass is 15.1. The maximum absolute atomic E-state index is 5.32. The highest BCUT2D eigenvalue weighted by Crippen LogP contribution is 2.40. The Kier molecular flexibility index (Phi) is 6.46. The van der Waals surface area contributed by atoms with Crippen molar-refractivity contribution in [3.8, 4) is 50.6 Å². The summed E-state index contributed by atoms with van der Waals surface area (Å²) < 4.78 is 2.25. The molecule has 2 heterocycles. The fraction of sp³-hybridized carbons (Fsp3) is 0. The zero-order chi connectivity index (χ0) is 31.2. The molecule has 2 aromatic heterocycles. The van der Waals surface area contributed by atoms with Crippen LogP contribution in [0.5, 0.6) is 0 Å². The molecule has 0 spiro atoms. The van der Waals surface area contributed by atoms with Gasteiger partial charge in [0.1, 0.15) is 5.82 Å². The van der Waals surface area contributed by atoms with E-state index in [1.807, 2.05) is 12.1 Å². The number of benzene rings is 7. The quantitative estimate of drug-likeness (QED) is 0.184. The first-order chi connectivity index (χ1) is 23.3. The van der Waals surface area contributed by atoms with Crippen LogP contribution in [0, 0.1) is 0 Å². The van der Waals surface area contributed by atoms with E-state index in [0.29, 0.717) is 0 Å². The van der Waals surface area contributed by atoms with Gasteiger partial charge >= 0.3 is 0 Å². The van der Waals surface area contributed by atoms with Gasteiger partial charge in [-0.1, -0.05) is 140 Å². The monoisotopic (exact) mass is 599 g/mol. The van der Waals surface area contributed by atoms with Crippen LogP contribution in [-0.4, -0.2) is 14.5 Å². The Hall–Kier alpha value is -6.32. The molecule has 0 unspecified atom stereocenters. The first-order valence-electron chi connectivity index (χ1n) is 15.9. The lowest BCUT2D eigenvalue weighted by atomic mass is 9.91. The maximum Gasteiger partial charge on any atom is 0.145 e. The topological polar surface area (TPSA) is 30.7 Å². The predicted molar refractivity (Wildman–Crippen MR) is 196 cm³/mol. The van der Waals surface area contributed by atoms with Gasteiger partial charge < -0.3 is 0 Å². The van der Waals surface area contributed by atoms with Crippen molar-refractivity contribution in [1.82, 2.24) is 14.5 Å². The lowest BCUT2D eigenvalue weighted by molar-refractivity contribution is 1.10. The SMILES string of the molecule is c1ccc(-c2cc(-c3ccc(-c4nc5ccccc5n4-c4ccccc4)cc3)c3cc(-c4ccccc4)c4ccccc4c3n2)cc1. The molecule has 0 N–H and O–H groups in total. The second-order valence-corrected chi connectivity index (χ2v) is 11.8. The van der Waals surface area contributed by atoms with Crippen molar-refractivity contribution in [2.75, 3.05) is 0 Å². The summed E-state index contributed by atoms with van der Waals surface area (Å²) in [5.74, 6) is 0.922. The fourth-order valence-electron chi connectivity index (χ4n) is 6.76. The van der Waals surface area contributed by atoms with E-state index in [1.54, 1.807) is 0 Å². The Labute approximate surface area is 273 Å². The smallest absolute Gasteiger partial charge is 0.145 e. The average molecular weight is 600 g/mol. The van der Waals surface area contributed by atoms with Crippen LogP contribution in [0.25, 0.3) is 83.3 Å². The van der Waals surface area contributed by atoms with Gasteiger partial charge in [0.2, 0.25) is 0 Å². The molecule has 3 heteroatoms. The average Bonchev–Trinajstić information content (AvgIpc) is 3.55. The molecule has 0 saturated carbocycles. The van der Waals surface area contributed by atoms with Gasteiger partial charge in [0.05, 0.1) is 22.2 Å². The molecule has 3 nitrogen and oxygen atoms in total. The lowest BCUT2D eigenvalue weighted by Crippen LogP contribution is -1.97. The largest absolute Gasteiger partial charge is 0.292 e. The third kappa shape index (κ3) is 4.68. The van der Waals surface area contributed by atoms with Crippen LogP contribution < -0.4 is 0 Å². The molecule has 0 amide bonds. The minimum atomic E-state index is 0.922. The fourth-order valence-corrected chi connectivity index (χ4v) is 6.76. The standard InChI is InChI=1S/C44H29N3/c1-4-14-30(15-5-1)37-28-39-38(29-41(32-16-6-2-7-17-32)45-43(39)36-21-11-10-20-35(36)37)31-24-26-33(27-25-31)44-46-40-22-12-13-23-42(40)47(44)34-18-8-3-9-19-34/h1-29H. The van der Waals surface area contributed by atoms with Crippen molar-refractivity contribution < 1.29 is 0 Å². The lowest BCUT2D eigenvalue weighted by Gasteiger charge is -2.16. The number of hydrogen-bond acceptors (Lipinski definition) is 2. The number of aromatic nitrogens is 3. The molecular weight excluding hydrogens is 571 g/mol. The zero-order valence-electron chi connectivity index (χ0n) is 25.6. The molecule has 0 aliphatic carbocycles. The van der Waals surface area contributed by atoms with E-state index in [1.165, 1.54) is 16.5 Å². The van der Waals surface area contributed by atoms with Crippen molar-refractivity contribution in [1.29, 1.82) is 0 Å². The highest BCUT2D eigenvalue weighted by Gasteiger charge is 2.18. The summed E-state index contributed by atoms with van der Waals surface area (Å²) in [5.41, 5.74) is 12.0. The normalized spacial score (nSPS) is 11.4. The first kappa shape index (κ1) is 27.0. The number of nitrogens with zero attached hydrogens (tertiary/aromatic N) is 3. The van der Waals surface area contributed by atoms with Crippen LogP contribution in [0.1, 0.15) is 0 Å². The number of hydrogen-bond donors (Lipinski definition) is 0. The number of rotatable bonds is 5. The van der Waals surface area contributed by atoms with Crippen LogP contribution >= 0.6 is 0 Å². The Morgan fingerprint density at radius 3 is 1.68 bits per heavy atom. The van der Waals surface area contributed by atoms with E-state index in [0.717, 1.165) is 66.8 Å². The van der Waals surface area contributed by atoms with E-state index in [2.05, 4.69) is 168 Å². The second kappa shape index (κ2) is 11.2. The van der Waals surface area contributed by atoms with Gasteiger partial charge in [0.25, 0.3) is 0 Å². The third-order valence-corrected chi connectivity index (χ3v) is 9.00. The maximum atomic E-state index is 5.32. The van der Waals surface area contributed by atoms with Gasteiger partial charge in [-0.25, -0.2) is 9.97 Å². The van der Waals surface area contributed by atoms with Crippen LogP contribution in [0.3, 0.4) is 0 Å². The molecule has 7 aromatic carbocycles. The van der Waals surface area contributed by atoms with Crippen molar-refractivity contribution in [3.05, 3.63) is 176 Å². The number of pyridine rings is 1. The minimum Gasteiger partial charge on any atom is -0.292 e. The molecule has 0 atom stereocenters. The summed E-state index contributed by atoms with van der Waals surface area (Å²) in [6.45, 7) is 0. The summed E-state index contributed by atoms with van der Waals surface area (Å²) in [5, 5.41) is 3.48. The Morgan fingerprint density at radius 2 is 0.936 bits per heavy atom. The molecular formula is C44H29N3. The summed E-state index contributed by atoms with van der Waals surface area (Å²) in [6.07, 6.45) is 0. The zero-order valence-corrected chi connectivity index (χ0v) is 25.6. The van der Waals surface area contributed by atoms with Crippen molar-refractivity contribution in [2.45, 2.75) is 0 Å². The molecule has 9 rings (SSSR count). The number of imidazole rings is 1. The number of fused-ring (bicyclic) bond motifs is 4. The molecule has 220 valence electrons. The third-order valence-electron chi connectivity index (χ3n) is 9.00. The highest BCUT2D eigenvalue weighted by molar-refractivity contribution is 6.16. The van der Waals surface area contributed by atoms with Crippen LogP contribution in [0.15, 0.2) is 176 Å². The van der Waals surface area contributed by atoms with E-state index in [4.69, 9.17) is 9.97 Å². The van der Waals surface area contributed by atoms with E-state index < -0.39 is 0 Å². The van der Waals surface area contributed by atoms with Crippen molar-refractivity contribution >= 4 is 32.7 Å². The van der Waals surface area contributed by atoms with Crippen LogP contribution in [0.4, 0.5) is 0 Å². The van der Waals surface area contributed by atoms with Gasteiger partial charge in [-0.15, -0.1) is 0 Å². The molecule has 0 fully saturated rings. The molecule has 0 saturated heterocycles. The van der Waals surface area contributed by atoms with Crippen LogP contribution in [-0.2, 0) is 0 Å². The summed E-state index contributed by atoms with van der Waals surface area (Å²) in [7, 11) is 0. The van der Waals surface area contributed by atoms with Crippen molar-refractivity contribution in [2.24, 2.45) is 0 Å². The minimum absolute atomic E-state index is 0.922. The molecule has 47 heavy (non-hydrogen) atoms. The molecule has 0 radical (unpaired) electrons. The van der Waals surface area contributed by atoms with Gasteiger partial charge in [-0.2, -0.15) is 0 Å². The second-order valence-electron chi connectivity index (χ2n) is 11.8. The van der Waals surface area contributed by atoms with Gasteiger partial charge in [0.15, 0.2) is 0 Å². The Morgan fingerprint density at radius 1 is 0.383 bits per heavy atom. The van der Waals surface area contributed by atoms with Gasteiger partial charge in [-0.3, -0.25) is 4.57 Å². The van der Waals surface area contributed by atoms with E-state index >= 15 is 0 Å². The van der Waals surface area contributed by atoms with Crippen LogP contribution in [0.2, 0.25) is 0 Å². The number of para-hydroxylation sites is 3. The molecule has 0 aliphatic rings. The molecule has 0 bridgehead atoms. The first-order valence-corrected chi connectivity index (χ1v) is 15.9. The summed E-state index contributed by atoms with van der Waals surface area (Å²) >= 11 is 0. The summed E-state index contributed by atoms with van der Waals surface area (Å²) in [4.78, 5) is 10.4. The predicted octanol–water partition coefficient (Wildman–Crippen LogP) is 11.4. The van der Waals surface area contributed by atoms with E-state index in [-0.39, 0.29) is 0 Å². The van der Waals surface area contributed by atoms with E-state index in [9.17, 15) is 0 Å². The Balaban J connectivity index is 1.27. The van der Waals surface area contributed by atoms with Gasteiger partial charge in [0, 0.05) is 27.6 Å². The van der Waals surface area contributed by atoms with Crippen molar-refractivity contribution in [3.63, 3.8) is 0 Å².